The number of hydrogen-bond acceptors (Lipinski definition) is 4. The average Bonchev–Trinajstić information content (AvgIpc) is 2.27. The molecule has 102 valence electrons. The maximum Gasteiger partial charge on any atom is 0.325 e. The van der Waals surface area contributed by atoms with Crippen LogP contribution < -0.4 is 5.32 Å². The average molecular weight is 261 g/mol. The largest absolute Gasteiger partial charge is 0.468 e. The molecule has 0 spiro atoms. The van der Waals surface area contributed by atoms with Crippen molar-refractivity contribution in [3.05, 3.63) is 0 Å². The zero-order chi connectivity index (χ0) is 13.5. The minimum Gasteiger partial charge on any atom is -0.468 e. The molecule has 0 saturated carbocycles. The molecule has 2 atom stereocenters. The van der Waals surface area contributed by atoms with Gasteiger partial charge in [-0.3, -0.25) is 4.79 Å². The van der Waals surface area contributed by atoms with Gasteiger partial charge in [-0.2, -0.15) is 11.8 Å². The molecule has 3 nitrogen and oxygen atoms in total. The Morgan fingerprint density at radius 1 is 1.41 bits per heavy atom. The summed E-state index contributed by atoms with van der Waals surface area (Å²) in [4.78, 5) is 11.7. The first-order valence-electron chi connectivity index (χ1n) is 6.24. The molecule has 0 saturated heterocycles. The van der Waals surface area contributed by atoms with Gasteiger partial charge in [-0.05, 0) is 38.5 Å². The quantitative estimate of drug-likeness (QED) is 0.682. The highest BCUT2D eigenvalue weighted by molar-refractivity contribution is 7.99. The molecule has 0 aromatic rings. The summed E-state index contributed by atoms with van der Waals surface area (Å²) in [5.41, 5.74) is -0.570. The zero-order valence-corrected chi connectivity index (χ0v) is 12.8. The summed E-state index contributed by atoms with van der Waals surface area (Å²) in [5, 5.41) is 3.52. The first kappa shape index (κ1) is 16.8. The molecule has 0 bridgehead atoms. The number of carbonyl (C=O) groups is 1. The topological polar surface area (TPSA) is 38.3 Å². The van der Waals surface area contributed by atoms with Crippen molar-refractivity contribution in [3.8, 4) is 0 Å². The SMILES string of the molecule is CNC(C)(CC(C)SCCC(C)C)C(=O)OC. The van der Waals surface area contributed by atoms with Crippen molar-refractivity contribution in [1.29, 1.82) is 0 Å². The van der Waals surface area contributed by atoms with E-state index in [1.165, 1.54) is 13.5 Å². The number of thioether (sulfide) groups is 1. The fourth-order valence-electron chi connectivity index (χ4n) is 1.65. The molecule has 0 aliphatic rings. The van der Waals surface area contributed by atoms with Gasteiger partial charge in [0.15, 0.2) is 0 Å². The minimum atomic E-state index is -0.570. The van der Waals surface area contributed by atoms with Crippen LogP contribution in [0.3, 0.4) is 0 Å². The van der Waals surface area contributed by atoms with Gasteiger partial charge >= 0.3 is 5.97 Å². The highest BCUT2D eigenvalue weighted by Crippen LogP contribution is 2.24. The fourth-order valence-corrected chi connectivity index (χ4v) is 3.11. The maximum atomic E-state index is 11.7. The van der Waals surface area contributed by atoms with Crippen molar-refractivity contribution < 1.29 is 9.53 Å². The van der Waals surface area contributed by atoms with E-state index in [9.17, 15) is 4.79 Å². The number of ether oxygens (including phenoxy) is 1. The monoisotopic (exact) mass is 261 g/mol. The van der Waals surface area contributed by atoms with Crippen molar-refractivity contribution >= 4 is 17.7 Å². The molecule has 2 unspecified atom stereocenters. The third-order valence-electron chi connectivity index (χ3n) is 2.98. The van der Waals surface area contributed by atoms with Crippen LogP contribution in [-0.2, 0) is 9.53 Å². The van der Waals surface area contributed by atoms with E-state index in [-0.39, 0.29) is 5.97 Å². The number of nitrogens with one attached hydrogen (secondary N) is 1. The third kappa shape index (κ3) is 6.32. The molecule has 17 heavy (non-hydrogen) atoms. The summed E-state index contributed by atoms with van der Waals surface area (Å²) >= 11 is 1.93. The second-order valence-electron chi connectivity index (χ2n) is 5.14. The van der Waals surface area contributed by atoms with E-state index >= 15 is 0 Å². The number of carbonyl (C=O) groups excluding carboxylic acids is 1. The standard InChI is InChI=1S/C13H27NO2S/c1-10(2)7-8-17-11(3)9-13(4,14-5)12(15)16-6/h10-11,14H,7-9H2,1-6H3. The minimum absolute atomic E-state index is 0.184. The predicted molar refractivity (Wildman–Crippen MR) is 75.5 cm³/mol. The van der Waals surface area contributed by atoms with Gasteiger partial charge < -0.3 is 10.1 Å². The Kier molecular flexibility index (Phi) is 7.88. The van der Waals surface area contributed by atoms with Gasteiger partial charge in [0, 0.05) is 5.25 Å². The van der Waals surface area contributed by atoms with Crippen LogP contribution in [0, 0.1) is 5.92 Å². The lowest BCUT2D eigenvalue weighted by Crippen LogP contribution is -2.49. The van der Waals surface area contributed by atoms with Crippen LogP contribution in [0.25, 0.3) is 0 Å². The van der Waals surface area contributed by atoms with Crippen LogP contribution >= 0.6 is 11.8 Å². The molecule has 0 rings (SSSR count). The summed E-state index contributed by atoms with van der Waals surface area (Å²) in [7, 11) is 3.25. The van der Waals surface area contributed by atoms with E-state index in [4.69, 9.17) is 4.74 Å². The molecule has 4 heteroatoms. The molecule has 0 radical (unpaired) electrons. The van der Waals surface area contributed by atoms with Crippen molar-refractivity contribution in [2.24, 2.45) is 5.92 Å². The Labute approximate surface area is 110 Å². The van der Waals surface area contributed by atoms with Gasteiger partial charge in [-0.15, -0.1) is 0 Å². The van der Waals surface area contributed by atoms with Crippen LogP contribution in [0.4, 0.5) is 0 Å². The normalized spacial score (nSPS) is 16.6. The van der Waals surface area contributed by atoms with Crippen molar-refractivity contribution in [3.63, 3.8) is 0 Å². The highest BCUT2D eigenvalue weighted by atomic mass is 32.2. The lowest BCUT2D eigenvalue weighted by molar-refractivity contribution is -0.147. The maximum absolute atomic E-state index is 11.7. The van der Waals surface area contributed by atoms with Crippen LogP contribution in [-0.4, -0.2) is 36.7 Å². The number of esters is 1. The van der Waals surface area contributed by atoms with Crippen LogP contribution in [0.15, 0.2) is 0 Å². The Morgan fingerprint density at radius 3 is 2.41 bits per heavy atom. The zero-order valence-electron chi connectivity index (χ0n) is 12.0. The van der Waals surface area contributed by atoms with Crippen molar-refractivity contribution in [2.45, 2.75) is 51.3 Å². The van der Waals surface area contributed by atoms with E-state index in [0.29, 0.717) is 5.25 Å². The number of likely N-dealkylation sites (N-methyl/N-ethyl adjacent to an activating group) is 1. The van der Waals surface area contributed by atoms with E-state index in [2.05, 4.69) is 26.1 Å². The summed E-state index contributed by atoms with van der Waals surface area (Å²) in [6.45, 7) is 8.54. The first-order chi connectivity index (χ1) is 7.85. The predicted octanol–water partition coefficient (Wildman–Crippen LogP) is 2.70. The van der Waals surface area contributed by atoms with Crippen LogP contribution in [0.5, 0.6) is 0 Å². The first-order valence-corrected chi connectivity index (χ1v) is 7.29. The highest BCUT2D eigenvalue weighted by Gasteiger charge is 2.34. The summed E-state index contributed by atoms with van der Waals surface area (Å²) < 4.78 is 4.84. The molecule has 0 aromatic heterocycles. The Bertz CT molecular complexity index is 233. The van der Waals surface area contributed by atoms with Gasteiger partial charge in [-0.1, -0.05) is 20.8 Å². The lowest BCUT2D eigenvalue weighted by atomic mass is 9.96. The van der Waals surface area contributed by atoms with Crippen molar-refractivity contribution in [1.82, 2.24) is 5.32 Å². The van der Waals surface area contributed by atoms with Gasteiger partial charge in [0.25, 0.3) is 0 Å². The van der Waals surface area contributed by atoms with Gasteiger partial charge in [-0.25, -0.2) is 0 Å². The molecule has 0 aliphatic heterocycles. The van der Waals surface area contributed by atoms with Gasteiger partial charge in [0.1, 0.15) is 5.54 Å². The third-order valence-corrected chi connectivity index (χ3v) is 4.19. The summed E-state index contributed by atoms with van der Waals surface area (Å²) in [6, 6.07) is 0. The van der Waals surface area contributed by atoms with Gasteiger partial charge in [0.2, 0.25) is 0 Å². The molecule has 0 amide bonds. The van der Waals surface area contributed by atoms with Crippen LogP contribution in [0.1, 0.15) is 40.5 Å². The molecule has 0 aliphatic carbocycles. The number of rotatable bonds is 8. The van der Waals surface area contributed by atoms with E-state index in [1.807, 2.05) is 25.7 Å². The van der Waals surface area contributed by atoms with E-state index in [0.717, 1.165) is 18.1 Å². The van der Waals surface area contributed by atoms with E-state index < -0.39 is 5.54 Å². The van der Waals surface area contributed by atoms with Gasteiger partial charge in [0.05, 0.1) is 7.11 Å². The smallest absolute Gasteiger partial charge is 0.325 e. The Balaban J connectivity index is 4.14. The van der Waals surface area contributed by atoms with E-state index in [1.54, 1.807) is 0 Å². The number of methoxy groups -OCH3 is 1. The van der Waals surface area contributed by atoms with Crippen LogP contribution in [0.2, 0.25) is 0 Å². The molecule has 0 aromatic carbocycles. The Hall–Kier alpha value is -0.220. The molecular formula is C13H27NO2S. The Morgan fingerprint density at radius 2 is 2.00 bits per heavy atom. The molecule has 0 fully saturated rings. The second-order valence-corrected chi connectivity index (χ2v) is 6.69. The number of hydrogen-bond donors (Lipinski definition) is 1. The molecule has 0 heterocycles. The molecular weight excluding hydrogens is 234 g/mol. The fraction of sp³-hybridized carbons (Fsp3) is 0.923. The van der Waals surface area contributed by atoms with Crippen molar-refractivity contribution in [2.75, 3.05) is 19.9 Å². The lowest BCUT2D eigenvalue weighted by Gasteiger charge is -2.28. The summed E-state index contributed by atoms with van der Waals surface area (Å²) in [5.74, 6) is 1.71. The summed E-state index contributed by atoms with van der Waals surface area (Å²) in [6.07, 6.45) is 2.02. The second kappa shape index (κ2) is 7.98. The molecule has 1 N–H and O–H groups in total.